The number of hydrogen-bond donors (Lipinski definition) is 2. The number of nitrogens with one attached hydrogen (secondary N) is 1. The first-order chi connectivity index (χ1) is 20.1. The molecule has 1 saturated carbocycles. The number of rotatable bonds is 9. The van der Waals surface area contributed by atoms with Crippen molar-refractivity contribution in [1.29, 1.82) is 0 Å². The standard InChI is InChI=1S/C30H34N4O7S/c1-16-23-26(35)34(30(2,3)28(36)37)29(38)33(27(23)42-24(16)25-32-9-10-40-25)15-22(20-7-5-6-8-21(20)39-4)41-19-11-17-13-31-14-18(17)12-19/h5-10,17-19,22,31H,11-15H2,1-4H3,(H,36,37)/t17-,18+,19?,22-/m1/s1. The number of aryl methyl sites for hydroxylation is 1. The van der Waals surface area contributed by atoms with Gasteiger partial charge in [-0.3, -0.25) is 9.36 Å². The molecule has 0 amide bonds. The van der Waals surface area contributed by atoms with E-state index in [-0.39, 0.29) is 18.0 Å². The van der Waals surface area contributed by atoms with Crippen molar-refractivity contribution >= 4 is 27.5 Å². The molecule has 2 aliphatic rings. The van der Waals surface area contributed by atoms with Crippen LogP contribution in [0.25, 0.3) is 21.0 Å². The van der Waals surface area contributed by atoms with Gasteiger partial charge in [0.25, 0.3) is 5.56 Å². The molecule has 4 aromatic rings. The van der Waals surface area contributed by atoms with Crippen LogP contribution in [-0.4, -0.2) is 51.5 Å². The predicted molar refractivity (Wildman–Crippen MR) is 157 cm³/mol. The van der Waals surface area contributed by atoms with Gasteiger partial charge < -0.3 is 24.3 Å². The van der Waals surface area contributed by atoms with E-state index in [1.807, 2.05) is 24.3 Å². The quantitative estimate of drug-likeness (QED) is 0.297. The molecule has 0 radical (unpaired) electrons. The van der Waals surface area contributed by atoms with Crippen LogP contribution in [0.5, 0.6) is 5.75 Å². The van der Waals surface area contributed by atoms with E-state index < -0.39 is 28.9 Å². The van der Waals surface area contributed by atoms with E-state index in [0.717, 1.165) is 36.1 Å². The molecule has 222 valence electrons. The van der Waals surface area contributed by atoms with E-state index >= 15 is 0 Å². The third-order valence-corrected chi connectivity index (χ3v) is 10.0. The largest absolute Gasteiger partial charge is 0.496 e. The minimum Gasteiger partial charge on any atom is -0.496 e. The van der Waals surface area contributed by atoms with Crippen LogP contribution in [0.15, 0.2) is 50.7 Å². The third kappa shape index (κ3) is 4.67. The van der Waals surface area contributed by atoms with E-state index in [2.05, 4.69) is 10.3 Å². The van der Waals surface area contributed by atoms with Crippen molar-refractivity contribution in [3.05, 3.63) is 68.7 Å². The number of thiophene rings is 1. The molecule has 12 heteroatoms. The fraction of sp³-hybridized carbons (Fsp3) is 0.467. The Balaban J connectivity index is 1.54. The van der Waals surface area contributed by atoms with E-state index in [0.29, 0.717) is 38.7 Å². The Morgan fingerprint density at radius 1 is 1.24 bits per heavy atom. The number of oxazole rings is 1. The van der Waals surface area contributed by atoms with E-state index in [1.54, 1.807) is 14.0 Å². The normalized spacial score (nSPS) is 21.1. The number of hydrogen-bond acceptors (Lipinski definition) is 9. The van der Waals surface area contributed by atoms with Gasteiger partial charge in [-0.15, -0.1) is 11.3 Å². The molecule has 4 atom stereocenters. The van der Waals surface area contributed by atoms with Crippen LogP contribution in [0.4, 0.5) is 0 Å². The van der Waals surface area contributed by atoms with Crippen molar-refractivity contribution in [2.45, 2.75) is 57.9 Å². The van der Waals surface area contributed by atoms with Gasteiger partial charge in [0.05, 0.1) is 36.2 Å². The summed E-state index contributed by atoms with van der Waals surface area (Å²) in [7, 11) is 1.59. The molecular weight excluding hydrogens is 560 g/mol. The molecule has 1 aliphatic heterocycles. The highest BCUT2D eigenvalue weighted by atomic mass is 32.1. The molecule has 6 rings (SSSR count). The van der Waals surface area contributed by atoms with Crippen LogP contribution in [0.1, 0.15) is 43.9 Å². The van der Waals surface area contributed by atoms with Crippen molar-refractivity contribution in [2.24, 2.45) is 11.8 Å². The van der Waals surface area contributed by atoms with Crippen LogP contribution in [0.3, 0.4) is 0 Å². The Hall–Kier alpha value is -3.74. The summed E-state index contributed by atoms with van der Waals surface area (Å²) in [4.78, 5) is 45.7. The maximum absolute atomic E-state index is 14.2. The van der Waals surface area contributed by atoms with Crippen molar-refractivity contribution in [3.8, 4) is 16.5 Å². The number of aliphatic carboxylic acids is 1. The monoisotopic (exact) mass is 594 g/mol. The van der Waals surface area contributed by atoms with Gasteiger partial charge in [-0.1, -0.05) is 18.2 Å². The highest BCUT2D eigenvalue weighted by Gasteiger charge is 2.40. The summed E-state index contributed by atoms with van der Waals surface area (Å²) < 4.78 is 20.3. The van der Waals surface area contributed by atoms with Crippen LogP contribution < -0.4 is 21.3 Å². The van der Waals surface area contributed by atoms with Crippen LogP contribution in [0, 0.1) is 18.8 Å². The zero-order chi connectivity index (χ0) is 29.8. The minimum absolute atomic E-state index is 0.0162. The number of carboxylic acids is 1. The lowest BCUT2D eigenvalue weighted by Crippen LogP contribution is -2.52. The van der Waals surface area contributed by atoms with Crippen molar-refractivity contribution < 1.29 is 23.8 Å². The van der Waals surface area contributed by atoms with Crippen molar-refractivity contribution in [1.82, 2.24) is 19.4 Å². The van der Waals surface area contributed by atoms with Crippen LogP contribution in [-0.2, 0) is 21.6 Å². The maximum Gasteiger partial charge on any atom is 0.333 e. The van der Waals surface area contributed by atoms with Gasteiger partial charge in [0.15, 0.2) is 0 Å². The number of fused-ring (bicyclic) bond motifs is 2. The molecule has 2 fully saturated rings. The Kier molecular flexibility index (Phi) is 7.32. The molecule has 1 aliphatic carbocycles. The average molecular weight is 595 g/mol. The summed E-state index contributed by atoms with van der Waals surface area (Å²) in [5.74, 6) is 0.735. The average Bonchev–Trinajstić information content (AvgIpc) is 3.75. The number of benzene rings is 1. The SMILES string of the molecule is COc1ccccc1[C@@H](Cn1c(=O)n(C(C)(C)C(=O)O)c(=O)c2c(C)c(-c3ncco3)sc21)OC1C[C@H]2CNC[C@H]2C1. The summed E-state index contributed by atoms with van der Waals surface area (Å²) in [6, 6.07) is 7.53. The second kappa shape index (κ2) is 10.8. The van der Waals surface area contributed by atoms with Crippen LogP contribution in [0.2, 0.25) is 0 Å². The second-order valence-electron chi connectivity index (χ2n) is 11.6. The molecule has 42 heavy (non-hydrogen) atoms. The van der Waals surface area contributed by atoms with E-state index in [9.17, 15) is 19.5 Å². The molecule has 0 spiro atoms. The minimum atomic E-state index is -1.81. The Morgan fingerprint density at radius 2 is 1.95 bits per heavy atom. The molecule has 2 N–H and O–H groups in total. The van der Waals surface area contributed by atoms with Crippen molar-refractivity contribution in [3.63, 3.8) is 0 Å². The number of aromatic nitrogens is 3. The first-order valence-electron chi connectivity index (χ1n) is 14.0. The summed E-state index contributed by atoms with van der Waals surface area (Å²) >= 11 is 1.22. The Labute approximate surface area is 245 Å². The first kappa shape index (κ1) is 28.4. The third-order valence-electron chi connectivity index (χ3n) is 8.72. The highest BCUT2D eigenvalue weighted by molar-refractivity contribution is 7.22. The molecule has 4 heterocycles. The second-order valence-corrected chi connectivity index (χ2v) is 12.6. The van der Waals surface area contributed by atoms with Gasteiger partial charge in [-0.25, -0.2) is 19.1 Å². The maximum atomic E-state index is 14.2. The molecule has 1 saturated heterocycles. The van der Waals surface area contributed by atoms with E-state index in [1.165, 1.54) is 42.2 Å². The van der Waals surface area contributed by atoms with Crippen LogP contribution >= 0.6 is 11.3 Å². The summed E-state index contributed by atoms with van der Waals surface area (Å²) in [6.07, 6.45) is 4.14. The first-order valence-corrected chi connectivity index (χ1v) is 14.8. The molecule has 0 bridgehead atoms. The van der Waals surface area contributed by atoms with Gasteiger partial charge in [-0.2, -0.15) is 0 Å². The molecule has 3 aromatic heterocycles. The number of carbonyl (C=O) groups is 1. The lowest BCUT2D eigenvalue weighted by Gasteiger charge is -2.27. The van der Waals surface area contributed by atoms with E-state index in [4.69, 9.17) is 13.9 Å². The lowest BCUT2D eigenvalue weighted by molar-refractivity contribution is -0.146. The van der Waals surface area contributed by atoms with Gasteiger partial charge in [0, 0.05) is 5.56 Å². The van der Waals surface area contributed by atoms with Gasteiger partial charge in [0.2, 0.25) is 5.89 Å². The van der Waals surface area contributed by atoms with Gasteiger partial charge in [0.1, 0.15) is 28.5 Å². The zero-order valence-corrected chi connectivity index (χ0v) is 24.8. The predicted octanol–water partition coefficient (Wildman–Crippen LogP) is 3.77. The highest BCUT2D eigenvalue weighted by Crippen LogP contribution is 2.41. The Bertz CT molecular complexity index is 1740. The topological polar surface area (TPSA) is 138 Å². The number of para-hydroxylation sites is 1. The fourth-order valence-corrected chi connectivity index (χ4v) is 7.64. The van der Waals surface area contributed by atoms with Gasteiger partial charge in [-0.05, 0) is 70.2 Å². The molecule has 11 nitrogen and oxygen atoms in total. The summed E-state index contributed by atoms with van der Waals surface area (Å²) in [6.45, 7) is 6.44. The number of methoxy groups -OCH3 is 1. The number of carboxylic acid groups (broad SMARTS) is 1. The smallest absolute Gasteiger partial charge is 0.333 e. The lowest BCUT2D eigenvalue weighted by atomic mass is 10.0. The fourth-order valence-electron chi connectivity index (χ4n) is 6.40. The van der Waals surface area contributed by atoms with Crippen molar-refractivity contribution in [2.75, 3.05) is 20.2 Å². The molecule has 1 unspecified atom stereocenters. The number of ether oxygens (including phenoxy) is 2. The molecule has 1 aromatic carbocycles. The van der Waals surface area contributed by atoms with Gasteiger partial charge >= 0.3 is 11.7 Å². The molecular formula is C30H34N4O7S. The Morgan fingerprint density at radius 3 is 2.60 bits per heavy atom. The summed E-state index contributed by atoms with van der Waals surface area (Å²) in [5.41, 5.74) is -1.87. The number of nitrogens with zero attached hydrogens (tertiary/aromatic N) is 3. The summed E-state index contributed by atoms with van der Waals surface area (Å²) in [5, 5.41) is 13.8. The zero-order valence-electron chi connectivity index (χ0n) is 24.0.